The fraction of sp³-hybridized carbons (Fsp3) is 0.577. The van der Waals surface area contributed by atoms with Gasteiger partial charge >= 0.3 is 0 Å². The second-order valence-electron chi connectivity index (χ2n) is 17.3. The number of unbranched alkanes of at least 4 members (excludes halogenated alkanes) is 6. The lowest BCUT2D eigenvalue weighted by molar-refractivity contribution is -0.0905. The number of aryl methyl sites for hydroxylation is 2. The highest BCUT2D eigenvalue weighted by molar-refractivity contribution is 5.60. The third-order valence-electron chi connectivity index (χ3n) is 13.4. The van der Waals surface area contributed by atoms with Crippen LogP contribution >= 0.6 is 0 Å². The van der Waals surface area contributed by atoms with Crippen LogP contribution in [0.3, 0.4) is 0 Å². The number of benzene rings is 2. The molecule has 2 atom stereocenters. The highest BCUT2D eigenvalue weighted by Crippen LogP contribution is 2.47. The van der Waals surface area contributed by atoms with E-state index in [9.17, 15) is 0 Å². The molecule has 2 heterocycles. The molecule has 2 saturated carbocycles. The molecule has 0 N–H and O–H groups in total. The van der Waals surface area contributed by atoms with Gasteiger partial charge in [-0.2, -0.15) is 0 Å². The normalized spacial score (nSPS) is 21.3. The van der Waals surface area contributed by atoms with Crippen molar-refractivity contribution in [2.45, 2.75) is 168 Å². The Hall–Kier alpha value is -3.30. The summed E-state index contributed by atoms with van der Waals surface area (Å²) in [5.41, 5.74) is 9.87. The smallest absolute Gasteiger partial charge is 0.0861 e. The lowest BCUT2D eigenvalue weighted by atomic mass is 9.75. The van der Waals surface area contributed by atoms with E-state index in [2.05, 4.69) is 113 Å². The van der Waals surface area contributed by atoms with Crippen LogP contribution in [0, 0.1) is 23.7 Å². The zero-order valence-corrected chi connectivity index (χ0v) is 35.0. The SMILES string of the molecule is CCCCCCc1ccc(-c2ccc(C(OC(c3ccc(-c4ccc(CCCCCC)cn4)cc3)[C@H]3CC[C@H](CC)CC3)[C@H]3CC[C@H](CC)CC3)cc2)nc1. The minimum Gasteiger partial charge on any atom is -0.365 e. The molecule has 3 nitrogen and oxygen atoms in total. The third kappa shape index (κ3) is 11.9. The molecule has 2 aromatic carbocycles. The quantitative estimate of drug-likeness (QED) is 0.0846. The molecule has 3 heteroatoms. The van der Waals surface area contributed by atoms with Gasteiger partial charge in [-0.1, -0.05) is 165 Å². The Bertz CT molecular complexity index is 1500. The minimum atomic E-state index is 0.0884. The van der Waals surface area contributed by atoms with Gasteiger partial charge in [-0.25, -0.2) is 0 Å². The van der Waals surface area contributed by atoms with Gasteiger partial charge in [-0.05, 0) is 109 Å². The van der Waals surface area contributed by atoms with Gasteiger partial charge in [0.15, 0.2) is 0 Å². The highest BCUT2D eigenvalue weighted by Gasteiger charge is 2.35. The molecule has 0 aliphatic heterocycles. The van der Waals surface area contributed by atoms with Gasteiger partial charge in [0.2, 0.25) is 0 Å². The third-order valence-corrected chi connectivity index (χ3v) is 13.4. The van der Waals surface area contributed by atoms with Crippen LogP contribution in [0.5, 0.6) is 0 Å². The fourth-order valence-electron chi connectivity index (χ4n) is 9.57. The molecule has 4 aromatic rings. The van der Waals surface area contributed by atoms with Crippen molar-refractivity contribution < 1.29 is 4.74 Å². The van der Waals surface area contributed by atoms with E-state index in [1.54, 1.807) is 0 Å². The molecule has 2 aliphatic carbocycles. The summed E-state index contributed by atoms with van der Waals surface area (Å²) in [6.45, 7) is 9.29. The molecule has 2 aromatic heterocycles. The molecule has 2 fully saturated rings. The monoisotopic (exact) mass is 741 g/mol. The van der Waals surface area contributed by atoms with Crippen LogP contribution in [-0.2, 0) is 17.6 Å². The Kier molecular flexibility index (Phi) is 16.4. The zero-order chi connectivity index (χ0) is 38.2. The van der Waals surface area contributed by atoms with Crippen molar-refractivity contribution in [2.75, 3.05) is 0 Å². The van der Waals surface area contributed by atoms with Crippen LogP contribution in [0.25, 0.3) is 22.5 Å². The fourth-order valence-corrected chi connectivity index (χ4v) is 9.57. The van der Waals surface area contributed by atoms with E-state index in [0.29, 0.717) is 11.8 Å². The first kappa shape index (κ1) is 41.3. The Morgan fingerprint density at radius 2 is 0.873 bits per heavy atom. The summed E-state index contributed by atoms with van der Waals surface area (Å²) in [7, 11) is 0. The highest BCUT2D eigenvalue weighted by atomic mass is 16.5. The average Bonchev–Trinajstić information content (AvgIpc) is 3.25. The molecule has 0 saturated heterocycles. The van der Waals surface area contributed by atoms with Crippen molar-refractivity contribution in [1.82, 2.24) is 9.97 Å². The molecule has 0 amide bonds. The number of ether oxygens (including phenoxy) is 1. The largest absolute Gasteiger partial charge is 0.365 e. The Labute approximate surface area is 335 Å². The van der Waals surface area contributed by atoms with Crippen molar-refractivity contribution >= 4 is 0 Å². The van der Waals surface area contributed by atoms with Gasteiger partial charge in [0.1, 0.15) is 0 Å². The average molecular weight is 741 g/mol. The number of aromatic nitrogens is 2. The molecule has 0 radical (unpaired) electrons. The molecule has 296 valence electrons. The maximum atomic E-state index is 7.64. The molecular formula is C52H72N2O. The van der Waals surface area contributed by atoms with Crippen molar-refractivity contribution in [1.29, 1.82) is 0 Å². The van der Waals surface area contributed by atoms with Gasteiger partial charge < -0.3 is 4.74 Å². The maximum absolute atomic E-state index is 7.64. The lowest BCUT2D eigenvalue weighted by Crippen LogP contribution is -2.28. The maximum Gasteiger partial charge on any atom is 0.0861 e. The minimum absolute atomic E-state index is 0.0884. The second kappa shape index (κ2) is 21.9. The van der Waals surface area contributed by atoms with Gasteiger partial charge in [0, 0.05) is 23.5 Å². The molecular weight excluding hydrogens is 669 g/mol. The van der Waals surface area contributed by atoms with E-state index >= 15 is 0 Å². The van der Waals surface area contributed by atoms with Crippen LogP contribution in [0.1, 0.15) is 178 Å². The number of hydrogen-bond donors (Lipinski definition) is 0. The van der Waals surface area contributed by atoms with E-state index < -0.39 is 0 Å². The standard InChI is InChI=1S/C52H72N2O/c1-5-9-11-13-15-41-21-35-49(53-37-41)43-27-31-47(32-28-43)51(45-23-17-39(7-3)18-24-45)55-52(46-25-19-40(8-4)20-26-46)48-33-29-44(30-34-48)50-36-22-42(38-54-50)16-14-12-10-6-2/h21-22,27-40,45-46,51-52H,5-20,23-26H2,1-4H3/t39-,40-,45-,46-,51?,52?. The molecule has 2 aliphatic rings. The van der Waals surface area contributed by atoms with Crippen molar-refractivity contribution in [3.8, 4) is 22.5 Å². The van der Waals surface area contributed by atoms with Crippen molar-refractivity contribution in [2.24, 2.45) is 23.7 Å². The van der Waals surface area contributed by atoms with Crippen LogP contribution in [0.15, 0.2) is 85.2 Å². The van der Waals surface area contributed by atoms with Crippen LogP contribution < -0.4 is 0 Å². The number of hydrogen-bond acceptors (Lipinski definition) is 3. The summed E-state index contributed by atoms with van der Waals surface area (Å²) < 4.78 is 7.64. The van der Waals surface area contributed by atoms with Crippen molar-refractivity contribution in [3.05, 3.63) is 107 Å². The van der Waals surface area contributed by atoms with Gasteiger partial charge in [-0.3, -0.25) is 9.97 Å². The van der Waals surface area contributed by atoms with E-state index in [1.165, 1.54) is 149 Å². The Morgan fingerprint density at radius 1 is 0.473 bits per heavy atom. The Morgan fingerprint density at radius 3 is 1.20 bits per heavy atom. The molecule has 0 bridgehead atoms. The summed E-state index contributed by atoms with van der Waals surface area (Å²) in [4.78, 5) is 9.82. The lowest BCUT2D eigenvalue weighted by Gasteiger charge is -2.40. The van der Waals surface area contributed by atoms with E-state index in [1.807, 2.05) is 0 Å². The number of rotatable bonds is 20. The Balaban J connectivity index is 1.22. The first-order chi connectivity index (χ1) is 27.1. The van der Waals surface area contributed by atoms with E-state index in [0.717, 1.165) is 36.1 Å². The predicted molar refractivity (Wildman–Crippen MR) is 233 cm³/mol. The topological polar surface area (TPSA) is 35.0 Å². The van der Waals surface area contributed by atoms with Crippen molar-refractivity contribution in [3.63, 3.8) is 0 Å². The summed E-state index contributed by atoms with van der Waals surface area (Å²) in [6, 6.07) is 27.6. The first-order valence-electron chi connectivity index (χ1n) is 22.8. The summed E-state index contributed by atoms with van der Waals surface area (Å²) in [6.07, 6.45) is 29.8. The molecule has 55 heavy (non-hydrogen) atoms. The summed E-state index contributed by atoms with van der Waals surface area (Å²) in [5.74, 6) is 2.79. The molecule has 2 unspecified atom stereocenters. The predicted octanol–water partition coefficient (Wildman–Crippen LogP) is 15.3. The van der Waals surface area contributed by atoms with Gasteiger partial charge in [0.25, 0.3) is 0 Å². The van der Waals surface area contributed by atoms with Crippen LogP contribution in [0.4, 0.5) is 0 Å². The molecule has 6 rings (SSSR count). The van der Waals surface area contributed by atoms with E-state index in [-0.39, 0.29) is 12.2 Å². The first-order valence-corrected chi connectivity index (χ1v) is 22.8. The van der Waals surface area contributed by atoms with Gasteiger partial charge in [0.05, 0.1) is 23.6 Å². The van der Waals surface area contributed by atoms with Crippen LogP contribution in [-0.4, -0.2) is 9.97 Å². The number of pyridine rings is 2. The molecule has 0 spiro atoms. The summed E-state index contributed by atoms with van der Waals surface area (Å²) in [5, 5.41) is 0. The van der Waals surface area contributed by atoms with E-state index in [4.69, 9.17) is 14.7 Å². The summed E-state index contributed by atoms with van der Waals surface area (Å²) >= 11 is 0. The van der Waals surface area contributed by atoms with Gasteiger partial charge in [-0.15, -0.1) is 0 Å². The zero-order valence-electron chi connectivity index (χ0n) is 35.0. The number of nitrogens with zero attached hydrogens (tertiary/aromatic N) is 2. The second-order valence-corrected chi connectivity index (χ2v) is 17.3. The van der Waals surface area contributed by atoms with Crippen LogP contribution in [0.2, 0.25) is 0 Å².